The zero-order valence-corrected chi connectivity index (χ0v) is 18.7. The van der Waals surface area contributed by atoms with Crippen molar-refractivity contribution >= 4 is 11.8 Å². The molecule has 1 aromatic heterocycles. The quantitative estimate of drug-likeness (QED) is 0.798. The summed E-state index contributed by atoms with van der Waals surface area (Å²) in [4.78, 5) is 24.0. The number of nitrogens with one attached hydrogen (secondary N) is 1. The fourth-order valence-electron chi connectivity index (χ4n) is 4.48. The van der Waals surface area contributed by atoms with Crippen molar-refractivity contribution in [3.05, 3.63) is 59.3 Å². The minimum atomic E-state index is 0.0202. The maximum atomic E-state index is 12.6. The van der Waals surface area contributed by atoms with E-state index in [4.69, 9.17) is 0 Å². The molecule has 2 aliphatic rings. The first kappa shape index (κ1) is 21.6. The molecule has 2 aliphatic heterocycles. The topological polar surface area (TPSA) is 51.7 Å². The summed E-state index contributed by atoms with van der Waals surface area (Å²) in [6.07, 6.45) is 7.04. The monoisotopic (exact) mass is 421 g/mol. The van der Waals surface area contributed by atoms with E-state index in [1.54, 1.807) is 0 Å². The standard InChI is InChI=1S/C25H35N5O/c1-21-7-6-8-22(17-21)20-28-13-15-30(16-14-28)25(31)27-19-23-9-10-24(26-18-23)29-11-4-2-3-5-12-29/h6-10,17-18H,2-5,11-16,19-20H2,1H3,(H,27,31). The largest absolute Gasteiger partial charge is 0.357 e. The molecule has 31 heavy (non-hydrogen) atoms. The van der Waals surface area contributed by atoms with Gasteiger partial charge in [-0.1, -0.05) is 48.7 Å². The van der Waals surface area contributed by atoms with Gasteiger partial charge in [0.2, 0.25) is 0 Å². The zero-order valence-electron chi connectivity index (χ0n) is 18.7. The molecule has 2 saturated heterocycles. The number of hydrogen-bond donors (Lipinski definition) is 1. The van der Waals surface area contributed by atoms with Crippen LogP contribution < -0.4 is 10.2 Å². The van der Waals surface area contributed by atoms with Gasteiger partial charge < -0.3 is 15.1 Å². The fourth-order valence-corrected chi connectivity index (χ4v) is 4.48. The minimum Gasteiger partial charge on any atom is -0.357 e. The van der Waals surface area contributed by atoms with Crippen LogP contribution in [0.15, 0.2) is 42.6 Å². The molecule has 4 rings (SSSR count). The van der Waals surface area contributed by atoms with Crippen molar-refractivity contribution in [3.63, 3.8) is 0 Å². The van der Waals surface area contributed by atoms with E-state index in [9.17, 15) is 4.79 Å². The normalized spacial score (nSPS) is 18.0. The Morgan fingerprint density at radius 2 is 1.71 bits per heavy atom. The molecule has 1 N–H and O–H groups in total. The fraction of sp³-hybridized carbons (Fsp3) is 0.520. The average Bonchev–Trinajstić information content (AvgIpc) is 3.08. The molecule has 0 radical (unpaired) electrons. The number of carbonyl (C=O) groups excluding carboxylic acids is 1. The summed E-state index contributed by atoms with van der Waals surface area (Å²) in [6.45, 7) is 9.15. The third kappa shape index (κ3) is 6.20. The first-order valence-electron chi connectivity index (χ1n) is 11.7. The van der Waals surface area contributed by atoms with Gasteiger partial charge in [-0.25, -0.2) is 9.78 Å². The molecule has 3 heterocycles. The molecule has 0 bridgehead atoms. The molecule has 0 unspecified atom stereocenters. The van der Waals surface area contributed by atoms with Crippen LogP contribution in [0, 0.1) is 6.92 Å². The second kappa shape index (κ2) is 10.6. The molecule has 0 saturated carbocycles. The Morgan fingerprint density at radius 1 is 0.935 bits per heavy atom. The molecule has 0 atom stereocenters. The van der Waals surface area contributed by atoms with Crippen LogP contribution in [0.2, 0.25) is 0 Å². The number of hydrogen-bond acceptors (Lipinski definition) is 4. The van der Waals surface area contributed by atoms with Crippen LogP contribution >= 0.6 is 0 Å². The molecule has 0 spiro atoms. The van der Waals surface area contributed by atoms with Gasteiger partial charge in [0.1, 0.15) is 5.82 Å². The van der Waals surface area contributed by atoms with E-state index < -0.39 is 0 Å². The number of benzene rings is 1. The number of anilines is 1. The Hall–Kier alpha value is -2.60. The van der Waals surface area contributed by atoms with E-state index >= 15 is 0 Å². The van der Waals surface area contributed by atoms with Crippen molar-refractivity contribution in [2.24, 2.45) is 0 Å². The lowest BCUT2D eigenvalue weighted by Gasteiger charge is -2.34. The van der Waals surface area contributed by atoms with Crippen LogP contribution in [0.25, 0.3) is 0 Å². The number of aromatic nitrogens is 1. The smallest absolute Gasteiger partial charge is 0.317 e. The predicted molar refractivity (Wildman–Crippen MR) is 125 cm³/mol. The molecule has 166 valence electrons. The van der Waals surface area contributed by atoms with Crippen molar-refractivity contribution in [2.75, 3.05) is 44.2 Å². The Kier molecular flexibility index (Phi) is 7.41. The van der Waals surface area contributed by atoms with Crippen molar-refractivity contribution < 1.29 is 4.79 Å². The number of amides is 2. The molecule has 2 aromatic rings. The highest BCUT2D eigenvalue weighted by Gasteiger charge is 2.21. The second-order valence-corrected chi connectivity index (χ2v) is 8.84. The first-order valence-corrected chi connectivity index (χ1v) is 11.7. The molecular formula is C25H35N5O. The third-order valence-electron chi connectivity index (χ3n) is 6.33. The molecule has 1 aromatic carbocycles. The number of piperazine rings is 1. The summed E-state index contributed by atoms with van der Waals surface area (Å²) in [5.74, 6) is 1.06. The predicted octanol–water partition coefficient (Wildman–Crippen LogP) is 3.80. The van der Waals surface area contributed by atoms with Gasteiger partial charge >= 0.3 is 6.03 Å². The van der Waals surface area contributed by atoms with E-state index in [2.05, 4.69) is 63.4 Å². The van der Waals surface area contributed by atoms with Crippen LogP contribution in [0.5, 0.6) is 0 Å². The SMILES string of the molecule is Cc1cccc(CN2CCN(C(=O)NCc3ccc(N4CCCCCC4)nc3)CC2)c1. The first-order chi connectivity index (χ1) is 15.2. The number of carbonyl (C=O) groups is 1. The van der Waals surface area contributed by atoms with E-state index in [0.717, 1.165) is 57.2 Å². The summed E-state index contributed by atoms with van der Waals surface area (Å²) >= 11 is 0. The van der Waals surface area contributed by atoms with Gasteiger partial charge in [-0.2, -0.15) is 0 Å². The van der Waals surface area contributed by atoms with Crippen molar-refractivity contribution in [2.45, 2.75) is 45.7 Å². The van der Waals surface area contributed by atoms with Gasteiger partial charge in [0.15, 0.2) is 0 Å². The second-order valence-electron chi connectivity index (χ2n) is 8.84. The molecule has 6 heteroatoms. The molecule has 2 amide bonds. The summed E-state index contributed by atoms with van der Waals surface area (Å²) in [7, 11) is 0. The molecule has 2 fully saturated rings. The number of rotatable bonds is 5. The van der Waals surface area contributed by atoms with Gasteiger partial charge in [-0.05, 0) is 37.0 Å². The third-order valence-corrected chi connectivity index (χ3v) is 6.33. The van der Waals surface area contributed by atoms with Gasteiger partial charge in [-0.15, -0.1) is 0 Å². The lowest BCUT2D eigenvalue weighted by Crippen LogP contribution is -2.51. The van der Waals surface area contributed by atoms with Crippen LogP contribution in [0.4, 0.5) is 10.6 Å². The van der Waals surface area contributed by atoms with Crippen LogP contribution in [0.1, 0.15) is 42.4 Å². The highest BCUT2D eigenvalue weighted by Crippen LogP contribution is 2.17. The van der Waals surface area contributed by atoms with E-state index in [0.29, 0.717) is 6.54 Å². The van der Waals surface area contributed by atoms with Gasteiger partial charge in [0.05, 0.1) is 0 Å². The molecular weight excluding hydrogens is 386 g/mol. The lowest BCUT2D eigenvalue weighted by atomic mass is 10.1. The Bertz CT molecular complexity index is 837. The van der Waals surface area contributed by atoms with Crippen LogP contribution in [-0.2, 0) is 13.1 Å². The molecule has 0 aliphatic carbocycles. The average molecular weight is 422 g/mol. The van der Waals surface area contributed by atoms with Crippen molar-refractivity contribution in [3.8, 4) is 0 Å². The zero-order chi connectivity index (χ0) is 21.5. The number of nitrogens with zero attached hydrogens (tertiary/aromatic N) is 4. The maximum absolute atomic E-state index is 12.6. The summed E-state index contributed by atoms with van der Waals surface area (Å²) in [6, 6.07) is 12.9. The lowest BCUT2D eigenvalue weighted by molar-refractivity contribution is 0.135. The van der Waals surface area contributed by atoms with Crippen LogP contribution in [-0.4, -0.2) is 60.1 Å². The Balaban J connectivity index is 1.20. The minimum absolute atomic E-state index is 0.0202. The number of aryl methyl sites for hydroxylation is 1. The summed E-state index contributed by atoms with van der Waals surface area (Å²) in [5, 5.41) is 3.06. The Morgan fingerprint density at radius 3 is 2.39 bits per heavy atom. The highest BCUT2D eigenvalue weighted by molar-refractivity contribution is 5.74. The van der Waals surface area contributed by atoms with E-state index in [-0.39, 0.29) is 6.03 Å². The van der Waals surface area contributed by atoms with Gasteiger partial charge in [0, 0.05) is 58.6 Å². The van der Waals surface area contributed by atoms with Crippen molar-refractivity contribution in [1.82, 2.24) is 20.1 Å². The van der Waals surface area contributed by atoms with E-state index in [1.807, 2.05) is 11.1 Å². The van der Waals surface area contributed by atoms with E-state index in [1.165, 1.54) is 36.8 Å². The number of urea groups is 1. The van der Waals surface area contributed by atoms with Crippen LogP contribution in [0.3, 0.4) is 0 Å². The van der Waals surface area contributed by atoms with Gasteiger partial charge in [0.25, 0.3) is 0 Å². The number of pyridine rings is 1. The maximum Gasteiger partial charge on any atom is 0.317 e. The summed E-state index contributed by atoms with van der Waals surface area (Å²) in [5.41, 5.74) is 3.68. The Labute approximate surface area is 186 Å². The van der Waals surface area contributed by atoms with Crippen molar-refractivity contribution in [1.29, 1.82) is 0 Å². The summed E-state index contributed by atoms with van der Waals surface area (Å²) < 4.78 is 0. The van der Waals surface area contributed by atoms with Gasteiger partial charge in [-0.3, -0.25) is 4.90 Å². The molecule has 6 nitrogen and oxygen atoms in total. The highest BCUT2D eigenvalue weighted by atomic mass is 16.2.